The van der Waals surface area contributed by atoms with Gasteiger partial charge in [0.05, 0.1) is 6.42 Å². The third kappa shape index (κ3) is 2.96. The topological polar surface area (TPSA) is 73.8 Å². The van der Waals surface area contributed by atoms with Crippen LogP contribution in [-0.2, 0) is 17.8 Å². The molecule has 5 heteroatoms. The molecule has 1 rings (SSSR count). The van der Waals surface area contributed by atoms with E-state index in [9.17, 15) is 4.79 Å². The Balaban J connectivity index is 2.82. The van der Waals surface area contributed by atoms with Crippen molar-refractivity contribution in [2.75, 3.05) is 6.54 Å². The Kier molecular flexibility index (Phi) is 5.47. The maximum atomic E-state index is 12.4. The summed E-state index contributed by atoms with van der Waals surface area (Å²) in [5.74, 6) is 0.932. The molecule has 1 aromatic heterocycles. The Labute approximate surface area is 109 Å². The van der Waals surface area contributed by atoms with E-state index in [2.05, 4.69) is 17.0 Å². The summed E-state index contributed by atoms with van der Waals surface area (Å²) in [7, 11) is 0. The third-order valence-corrected chi connectivity index (χ3v) is 3.79. The van der Waals surface area contributed by atoms with Gasteiger partial charge in [0.25, 0.3) is 0 Å². The number of nitrogens with two attached hydrogens (primary N) is 1. The van der Waals surface area contributed by atoms with Crippen LogP contribution in [0.4, 0.5) is 0 Å². The number of ketones is 1. The van der Waals surface area contributed by atoms with E-state index in [4.69, 9.17) is 5.73 Å². The number of nitrogens with zero attached hydrogens (tertiary/aromatic N) is 3. The molecule has 1 aromatic rings. The Bertz CT molecular complexity index is 374. The largest absolute Gasteiger partial charge is 0.329 e. The molecule has 0 aromatic carbocycles. The normalized spacial score (nSPS) is 11.8. The van der Waals surface area contributed by atoms with Crippen LogP contribution in [0, 0.1) is 5.41 Å². The van der Waals surface area contributed by atoms with Gasteiger partial charge in [0.2, 0.25) is 0 Å². The van der Waals surface area contributed by atoms with Crippen molar-refractivity contribution in [1.82, 2.24) is 14.8 Å². The molecule has 0 saturated carbocycles. The molecule has 2 N–H and O–H groups in total. The molecule has 0 aliphatic rings. The summed E-state index contributed by atoms with van der Waals surface area (Å²) >= 11 is 0. The lowest BCUT2D eigenvalue weighted by atomic mass is 9.77. The van der Waals surface area contributed by atoms with Crippen molar-refractivity contribution in [3.05, 3.63) is 12.2 Å². The summed E-state index contributed by atoms with van der Waals surface area (Å²) in [5.41, 5.74) is 5.39. The fraction of sp³-hybridized carbons (Fsp3) is 0.769. The van der Waals surface area contributed by atoms with Crippen LogP contribution in [-0.4, -0.2) is 27.1 Å². The summed E-state index contributed by atoms with van der Waals surface area (Å²) in [6.07, 6.45) is 4.38. The summed E-state index contributed by atoms with van der Waals surface area (Å²) in [4.78, 5) is 16.6. The molecule has 0 amide bonds. The van der Waals surface area contributed by atoms with Crippen LogP contribution < -0.4 is 5.73 Å². The summed E-state index contributed by atoms with van der Waals surface area (Å²) in [5, 5.41) is 4.14. The highest BCUT2D eigenvalue weighted by Crippen LogP contribution is 2.27. The first-order valence-electron chi connectivity index (χ1n) is 6.73. The van der Waals surface area contributed by atoms with Crippen molar-refractivity contribution >= 4 is 5.78 Å². The maximum absolute atomic E-state index is 12.4. The molecule has 0 fully saturated rings. The monoisotopic (exact) mass is 252 g/mol. The third-order valence-electron chi connectivity index (χ3n) is 3.79. The van der Waals surface area contributed by atoms with Gasteiger partial charge in [0.15, 0.2) is 0 Å². The van der Waals surface area contributed by atoms with Gasteiger partial charge in [-0.05, 0) is 19.3 Å². The minimum Gasteiger partial charge on any atom is -0.329 e. The average Bonchev–Trinajstić information content (AvgIpc) is 2.80. The highest BCUT2D eigenvalue weighted by atomic mass is 16.1. The number of rotatable bonds is 8. The fourth-order valence-corrected chi connectivity index (χ4v) is 2.20. The first-order valence-corrected chi connectivity index (χ1v) is 6.73. The van der Waals surface area contributed by atoms with E-state index in [1.54, 1.807) is 0 Å². The van der Waals surface area contributed by atoms with Gasteiger partial charge in [0, 0.05) is 18.5 Å². The zero-order valence-corrected chi connectivity index (χ0v) is 11.6. The van der Waals surface area contributed by atoms with E-state index in [1.165, 1.54) is 6.33 Å². The highest BCUT2D eigenvalue weighted by Gasteiger charge is 2.33. The van der Waals surface area contributed by atoms with E-state index in [0.717, 1.165) is 31.6 Å². The summed E-state index contributed by atoms with van der Waals surface area (Å²) in [6.45, 7) is 7.32. The summed E-state index contributed by atoms with van der Waals surface area (Å²) < 4.78 is 1.81. The number of carbonyl (C=O) groups excluding carboxylic acids is 1. The second kappa shape index (κ2) is 6.64. The molecule has 0 atom stereocenters. The molecule has 0 aliphatic carbocycles. The van der Waals surface area contributed by atoms with Crippen molar-refractivity contribution in [3.8, 4) is 0 Å². The smallest absolute Gasteiger partial charge is 0.147 e. The Morgan fingerprint density at radius 3 is 2.56 bits per heavy atom. The molecule has 5 nitrogen and oxygen atoms in total. The second-order valence-corrected chi connectivity index (χ2v) is 4.69. The van der Waals surface area contributed by atoms with Crippen molar-refractivity contribution in [1.29, 1.82) is 0 Å². The van der Waals surface area contributed by atoms with Crippen LogP contribution >= 0.6 is 0 Å². The van der Waals surface area contributed by atoms with Crippen LogP contribution in [0.1, 0.15) is 45.9 Å². The van der Waals surface area contributed by atoms with Crippen molar-refractivity contribution < 1.29 is 4.79 Å². The number of Topliss-reactive ketones (excluding diaryl/α,β-unsaturated/α-hetero) is 1. The minimum absolute atomic E-state index is 0.181. The molecule has 1 heterocycles. The number of hydrogen-bond donors (Lipinski definition) is 1. The first kappa shape index (κ1) is 14.8. The van der Waals surface area contributed by atoms with Gasteiger partial charge in [-0.2, -0.15) is 5.10 Å². The van der Waals surface area contributed by atoms with E-state index in [0.29, 0.717) is 13.0 Å². The van der Waals surface area contributed by atoms with Gasteiger partial charge in [-0.3, -0.25) is 4.79 Å². The van der Waals surface area contributed by atoms with Crippen molar-refractivity contribution in [2.45, 2.75) is 53.0 Å². The minimum atomic E-state index is -0.400. The molecule has 0 saturated heterocycles. The molecular formula is C13H24N4O. The number of carbonyl (C=O) groups is 1. The van der Waals surface area contributed by atoms with Crippen LogP contribution in [0.2, 0.25) is 0 Å². The fourth-order valence-electron chi connectivity index (χ4n) is 2.20. The number of aromatic nitrogens is 3. The van der Waals surface area contributed by atoms with Gasteiger partial charge in [-0.25, -0.2) is 9.67 Å². The Hall–Kier alpha value is -1.23. The van der Waals surface area contributed by atoms with Crippen LogP contribution in [0.5, 0.6) is 0 Å². The van der Waals surface area contributed by atoms with E-state index >= 15 is 0 Å². The lowest BCUT2D eigenvalue weighted by molar-refractivity contribution is -0.128. The van der Waals surface area contributed by atoms with Gasteiger partial charge in [-0.1, -0.05) is 20.8 Å². The lowest BCUT2D eigenvalue weighted by Crippen LogP contribution is -2.39. The van der Waals surface area contributed by atoms with Gasteiger partial charge < -0.3 is 5.73 Å². The van der Waals surface area contributed by atoms with Crippen molar-refractivity contribution in [2.24, 2.45) is 11.1 Å². The van der Waals surface area contributed by atoms with Crippen LogP contribution in [0.3, 0.4) is 0 Å². The average molecular weight is 252 g/mol. The Morgan fingerprint density at radius 1 is 1.39 bits per heavy atom. The Morgan fingerprint density at radius 2 is 2.06 bits per heavy atom. The first-order chi connectivity index (χ1) is 8.63. The predicted molar refractivity (Wildman–Crippen MR) is 71.1 cm³/mol. The van der Waals surface area contributed by atoms with E-state index in [1.807, 2.05) is 18.5 Å². The van der Waals surface area contributed by atoms with E-state index in [-0.39, 0.29) is 5.78 Å². The molecule has 0 spiro atoms. The number of hydrogen-bond acceptors (Lipinski definition) is 4. The quantitative estimate of drug-likeness (QED) is 0.762. The zero-order chi connectivity index (χ0) is 13.6. The number of aryl methyl sites for hydroxylation is 1. The molecule has 0 unspecified atom stereocenters. The van der Waals surface area contributed by atoms with Crippen molar-refractivity contribution in [3.63, 3.8) is 0 Å². The molecular weight excluding hydrogens is 228 g/mol. The second-order valence-electron chi connectivity index (χ2n) is 4.69. The maximum Gasteiger partial charge on any atom is 0.147 e. The lowest BCUT2D eigenvalue weighted by Gasteiger charge is -2.28. The van der Waals surface area contributed by atoms with Crippen LogP contribution in [0.15, 0.2) is 6.33 Å². The molecule has 18 heavy (non-hydrogen) atoms. The van der Waals surface area contributed by atoms with Gasteiger partial charge >= 0.3 is 0 Å². The van der Waals surface area contributed by atoms with E-state index < -0.39 is 5.41 Å². The molecule has 0 bridgehead atoms. The molecule has 0 aliphatic heterocycles. The highest BCUT2D eigenvalue weighted by molar-refractivity contribution is 5.86. The SMILES string of the molecule is CCCn1ncnc1CC(=O)C(CC)(CC)CN. The van der Waals surface area contributed by atoms with Gasteiger partial charge in [0.1, 0.15) is 17.9 Å². The predicted octanol–water partition coefficient (Wildman–Crippen LogP) is 1.56. The molecule has 0 radical (unpaired) electrons. The molecule has 102 valence electrons. The standard InChI is InChI=1S/C13H24N4O/c1-4-7-17-12(15-10-16-17)8-11(18)13(5-2,6-3)9-14/h10H,4-9,14H2,1-3H3. The van der Waals surface area contributed by atoms with Crippen LogP contribution in [0.25, 0.3) is 0 Å². The van der Waals surface area contributed by atoms with Gasteiger partial charge in [-0.15, -0.1) is 0 Å². The zero-order valence-electron chi connectivity index (χ0n) is 11.6. The summed E-state index contributed by atoms with van der Waals surface area (Å²) in [6, 6.07) is 0.